The molecule has 4 nitrogen and oxygen atoms in total. The number of fused-ring (bicyclic) bond motifs is 3. The van der Waals surface area contributed by atoms with E-state index in [0.717, 1.165) is 34.0 Å². The van der Waals surface area contributed by atoms with Gasteiger partial charge in [-0.05, 0) is 46.9 Å². The Balaban J connectivity index is 1.85. The Kier molecular flexibility index (Phi) is 5.34. The molecule has 29 heavy (non-hydrogen) atoms. The molecule has 0 aliphatic carbocycles. The van der Waals surface area contributed by atoms with Gasteiger partial charge in [-0.25, -0.2) is 0 Å². The molecule has 1 atom stereocenters. The van der Waals surface area contributed by atoms with Gasteiger partial charge in [-0.3, -0.25) is 9.59 Å². The summed E-state index contributed by atoms with van der Waals surface area (Å²) in [6, 6.07) is 20.7. The molecule has 0 N–H and O–H groups in total. The number of carbonyl (C=O) groups excluding carboxylic acids is 2. The van der Waals surface area contributed by atoms with E-state index in [1.165, 1.54) is 5.56 Å². The van der Waals surface area contributed by atoms with Crippen molar-refractivity contribution in [1.29, 1.82) is 0 Å². The Morgan fingerprint density at radius 2 is 1.79 bits per heavy atom. The second kappa shape index (κ2) is 8.08. The molecule has 3 aromatic carbocycles. The zero-order valence-electron chi connectivity index (χ0n) is 16.9. The predicted octanol–water partition coefficient (Wildman–Crippen LogP) is 4.83. The first kappa shape index (κ1) is 19.2. The van der Waals surface area contributed by atoms with E-state index in [-0.39, 0.29) is 24.3 Å². The number of aryl methyl sites for hydroxylation is 1. The van der Waals surface area contributed by atoms with Crippen LogP contribution in [0.15, 0.2) is 60.7 Å². The van der Waals surface area contributed by atoms with Gasteiger partial charge in [0.1, 0.15) is 6.54 Å². The van der Waals surface area contributed by atoms with Crippen LogP contribution in [0.3, 0.4) is 0 Å². The number of benzene rings is 3. The SMILES string of the molecule is CCOC(=O)CN1C(=O)CC(c2ccc(CC)cc2)c2c1ccc1ccccc21. The van der Waals surface area contributed by atoms with Gasteiger partial charge in [0.25, 0.3) is 0 Å². The van der Waals surface area contributed by atoms with Crippen LogP contribution in [0.5, 0.6) is 0 Å². The maximum absolute atomic E-state index is 13.1. The molecule has 4 rings (SSSR count). The number of hydrogen-bond acceptors (Lipinski definition) is 3. The Bertz CT molecular complexity index is 1060. The van der Waals surface area contributed by atoms with Crippen molar-refractivity contribution in [1.82, 2.24) is 0 Å². The fourth-order valence-corrected chi connectivity index (χ4v) is 4.19. The van der Waals surface area contributed by atoms with E-state index >= 15 is 0 Å². The molecule has 148 valence electrons. The Labute approximate surface area is 171 Å². The predicted molar refractivity (Wildman–Crippen MR) is 115 cm³/mol. The first-order valence-electron chi connectivity index (χ1n) is 10.2. The van der Waals surface area contributed by atoms with Crippen LogP contribution < -0.4 is 4.90 Å². The van der Waals surface area contributed by atoms with Crippen molar-refractivity contribution in [2.24, 2.45) is 0 Å². The first-order valence-corrected chi connectivity index (χ1v) is 10.2. The highest BCUT2D eigenvalue weighted by atomic mass is 16.5. The molecule has 0 fully saturated rings. The Hall–Kier alpha value is -3.14. The van der Waals surface area contributed by atoms with Crippen molar-refractivity contribution < 1.29 is 14.3 Å². The van der Waals surface area contributed by atoms with E-state index in [2.05, 4.69) is 43.3 Å². The summed E-state index contributed by atoms with van der Waals surface area (Å²) in [6.07, 6.45) is 1.32. The Morgan fingerprint density at radius 3 is 2.52 bits per heavy atom. The second-order valence-electron chi connectivity index (χ2n) is 7.36. The van der Waals surface area contributed by atoms with Crippen LogP contribution in [0.25, 0.3) is 10.8 Å². The maximum Gasteiger partial charge on any atom is 0.326 e. The van der Waals surface area contributed by atoms with E-state index < -0.39 is 0 Å². The van der Waals surface area contributed by atoms with Crippen LogP contribution in [0, 0.1) is 0 Å². The molecule has 0 radical (unpaired) electrons. The van der Waals surface area contributed by atoms with E-state index in [0.29, 0.717) is 13.0 Å². The van der Waals surface area contributed by atoms with E-state index in [1.807, 2.05) is 24.3 Å². The zero-order chi connectivity index (χ0) is 20.4. The number of amides is 1. The summed E-state index contributed by atoms with van der Waals surface area (Å²) in [4.78, 5) is 26.8. The van der Waals surface area contributed by atoms with Crippen LogP contribution in [0.1, 0.15) is 42.9 Å². The molecule has 1 aliphatic rings. The molecule has 1 amide bonds. The summed E-state index contributed by atoms with van der Waals surface area (Å²) in [5, 5.41) is 2.25. The van der Waals surface area contributed by atoms with Crippen LogP contribution in [0.2, 0.25) is 0 Å². The molecule has 1 heterocycles. The largest absolute Gasteiger partial charge is 0.465 e. The van der Waals surface area contributed by atoms with E-state index in [4.69, 9.17) is 4.74 Å². The standard InChI is InChI=1S/C25H25NO3/c1-3-17-9-11-19(12-10-17)21-15-23(27)26(16-24(28)29-4-2)22-14-13-18-7-5-6-8-20(18)25(21)22/h5-14,21H,3-4,15-16H2,1-2H3. The summed E-state index contributed by atoms with van der Waals surface area (Å²) in [5.74, 6) is -0.468. The number of ether oxygens (including phenoxy) is 1. The fraction of sp³-hybridized carbons (Fsp3) is 0.280. The highest BCUT2D eigenvalue weighted by Crippen LogP contribution is 2.44. The minimum atomic E-state index is -0.384. The van der Waals surface area contributed by atoms with Crippen LogP contribution in [0.4, 0.5) is 5.69 Å². The summed E-state index contributed by atoms with van der Waals surface area (Å²) in [6.45, 7) is 4.15. The lowest BCUT2D eigenvalue weighted by molar-refractivity contribution is -0.142. The Morgan fingerprint density at radius 1 is 1.03 bits per heavy atom. The summed E-state index contributed by atoms with van der Waals surface area (Å²) >= 11 is 0. The highest BCUT2D eigenvalue weighted by Gasteiger charge is 2.34. The molecule has 0 bridgehead atoms. The van der Waals surface area contributed by atoms with Gasteiger partial charge >= 0.3 is 5.97 Å². The van der Waals surface area contributed by atoms with Gasteiger partial charge in [0, 0.05) is 18.0 Å². The lowest BCUT2D eigenvalue weighted by Gasteiger charge is -2.35. The van der Waals surface area contributed by atoms with Gasteiger partial charge < -0.3 is 9.64 Å². The van der Waals surface area contributed by atoms with Gasteiger partial charge in [-0.1, -0.05) is 61.5 Å². The fourth-order valence-electron chi connectivity index (χ4n) is 4.19. The van der Waals surface area contributed by atoms with E-state index in [9.17, 15) is 9.59 Å². The second-order valence-corrected chi connectivity index (χ2v) is 7.36. The molecule has 3 aromatic rings. The highest BCUT2D eigenvalue weighted by molar-refractivity contribution is 6.05. The average molecular weight is 387 g/mol. The molecular weight excluding hydrogens is 362 g/mol. The topological polar surface area (TPSA) is 46.6 Å². The first-order chi connectivity index (χ1) is 14.1. The van der Waals surface area contributed by atoms with Crippen LogP contribution in [-0.2, 0) is 20.7 Å². The normalized spacial score (nSPS) is 16.0. The minimum absolute atomic E-state index is 0.0343. The van der Waals surface area contributed by atoms with Gasteiger partial charge in [0.05, 0.1) is 6.61 Å². The molecule has 0 saturated heterocycles. The van der Waals surface area contributed by atoms with Crippen molar-refractivity contribution >= 4 is 28.3 Å². The summed E-state index contributed by atoms with van der Waals surface area (Å²) in [5.41, 5.74) is 4.32. The van der Waals surface area contributed by atoms with Gasteiger partial charge in [0.15, 0.2) is 0 Å². The van der Waals surface area contributed by atoms with Gasteiger partial charge in [-0.2, -0.15) is 0 Å². The third-order valence-electron chi connectivity index (χ3n) is 5.65. The summed E-state index contributed by atoms with van der Waals surface area (Å²) in [7, 11) is 0. The summed E-state index contributed by atoms with van der Waals surface area (Å²) < 4.78 is 5.10. The minimum Gasteiger partial charge on any atom is -0.465 e. The zero-order valence-corrected chi connectivity index (χ0v) is 16.9. The third-order valence-corrected chi connectivity index (χ3v) is 5.65. The van der Waals surface area contributed by atoms with Crippen molar-refractivity contribution in [3.05, 3.63) is 77.4 Å². The molecule has 0 aromatic heterocycles. The number of rotatable bonds is 5. The van der Waals surface area contributed by atoms with Gasteiger partial charge in [0.2, 0.25) is 5.91 Å². The molecule has 0 spiro atoms. The molecular formula is C25H25NO3. The maximum atomic E-state index is 13.1. The quantitative estimate of drug-likeness (QED) is 0.589. The number of hydrogen-bond donors (Lipinski definition) is 0. The number of carbonyl (C=O) groups is 2. The lowest BCUT2D eigenvalue weighted by Crippen LogP contribution is -2.41. The molecule has 1 unspecified atom stereocenters. The van der Waals surface area contributed by atoms with Crippen molar-refractivity contribution in [2.45, 2.75) is 32.6 Å². The van der Waals surface area contributed by atoms with E-state index in [1.54, 1.807) is 11.8 Å². The molecule has 1 aliphatic heterocycles. The van der Waals surface area contributed by atoms with Crippen molar-refractivity contribution in [2.75, 3.05) is 18.1 Å². The van der Waals surface area contributed by atoms with Crippen LogP contribution >= 0.6 is 0 Å². The monoisotopic (exact) mass is 387 g/mol. The van der Waals surface area contributed by atoms with Gasteiger partial charge in [-0.15, -0.1) is 0 Å². The smallest absolute Gasteiger partial charge is 0.326 e. The van der Waals surface area contributed by atoms with Crippen molar-refractivity contribution in [3.63, 3.8) is 0 Å². The van der Waals surface area contributed by atoms with Crippen LogP contribution in [-0.4, -0.2) is 25.0 Å². The number of anilines is 1. The average Bonchev–Trinajstić information content (AvgIpc) is 2.75. The number of nitrogens with zero attached hydrogens (tertiary/aromatic N) is 1. The lowest BCUT2D eigenvalue weighted by atomic mass is 9.81. The third kappa shape index (κ3) is 3.63. The molecule has 4 heteroatoms. The van der Waals surface area contributed by atoms with Crippen molar-refractivity contribution in [3.8, 4) is 0 Å². The number of esters is 1. The molecule has 0 saturated carbocycles.